The van der Waals surface area contributed by atoms with E-state index in [1.54, 1.807) is 0 Å². The van der Waals surface area contributed by atoms with Crippen LogP contribution in [0.2, 0.25) is 0 Å². The molecule has 0 aromatic heterocycles. The van der Waals surface area contributed by atoms with Crippen LogP contribution in [-0.2, 0) is 4.79 Å². The van der Waals surface area contributed by atoms with Crippen molar-refractivity contribution in [2.75, 3.05) is 32.7 Å². The highest BCUT2D eigenvalue weighted by Crippen LogP contribution is 2.41. The summed E-state index contributed by atoms with van der Waals surface area (Å²) in [4.78, 5) is 17.2. The van der Waals surface area contributed by atoms with Gasteiger partial charge in [0.15, 0.2) is 0 Å². The van der Waals surface area contributed by atoms with Crippen molar-refractivity contribution in [3.63, 3.8) is 0 Å². The van der Waals surface area contributed by atoms with Crippen molar-refractivity contribution < 1.29 is 4.79 Å². The maximum atomic E-state index is 12.5. The van der Waals surface area contributed by atoms with Gasteiger partial charge in [0.05, 0.1) is 0 Å². The van der Waals surface area contributed by atoms with E-state index in [-0.39, 0.29) is 5.92 Å². The lowest BCUT2D eigenvalue weighted by Crippen LogP contribution is -2.49. The number of piperidine rings is 2. The van der Waals surface area contributed by atoms with Crippen molar-refractivity contribution in [2.45, 2.75) is 66.2 Å². The van der Waals surface area contributed by atoms with Crippen LogP contribution in [0.1, 0.15) is 66.2 Å². The Balaban J connectivity index is 1.79. The minimum absolute atomic E-state index is 0.215. The molecule has 128 valence electrons. The molecule has 1 atom stereocenters. The minimum atomic E-state index is 0.215. The van der Waals surface area contributed by atoms with Crippen LogP contribution in [0.15, 0.2) is 0 Å². The second kappa shape index (κ2) is 7.81. The highest BCUT2D eigenvalue weighted by molar-refractivity contribution is 5.78. The number of likely N-dealkylation sites (tertiary alicyclic amines) is 2. The molecule has 0 aliphatic carbocycles. The van der Waals surface area contributed by atoms with E-state index in [4.69, 9.17) is 0 Å². The van der Waals surface area contributed by atoms with Gasteiger partial charge in [0, 0.05) is 25.6 Å². The van der Waals surface area contributed by atoms with E-state index in [0.717, 1.165) is 31.8 Å². The van der Waals surface area contributed by atoms with Gasteiger partial charge in [-0.2, -0.15) is 0 Å². The minimum Gasteiger partial charge on any atom is -0.342 e. The monoisotopic (exact) mass is 308 g/mol. The van der Waals surface area contributed by atoms with Gasteiger partial charge in [-0.1, -0.05) is 34.1 Å². The van der Waals surface area contributed by atoms with Crippen LogP contribution in [-0.4, -0.2) is 48.4 Å². The maximum absolute atomic E-state index is 12.5. The normalized spacial score (nSPS) is 24.0. The molecule has 2 saturated heterocycles. The molecular formula is C19H36N2O. The standard InChI is InChI=1S/C19H36N2O/c1-5-6-17(4)18(22)21-13-9-19(10-14-21)7-11-20(12-8-19)15-16(2)3/h16-17H,5-15H2,1-4H3. The number of rotatable bonds is 5. The fraction of sp³-hybridized carbons (Fsp3) is 0.947. The molecule has 0 saturated carbocycles. The third-order valence-corrected chi connectivity index (χ3v) is 5.82. The molecular weight excluding hydrogens is 272 g/mol. The number of carbonyl (C=O) groups excluding carboxylic acids is 1. The van der Waals surface area contributed by atoms with E-state index in [2.05, 4.69) is 37.5 Å². The first-order valence-electron chi connectivity index (χ1n) is 9.47. The van der Waals surface area contributed by atoms with Crippen molar-refractivity contribution in [2.24, 2.45) is 17.3 Å². The number of amides is 1. The Bertz CT molecular complexity index is 348. The van der Waals surface area contributed by atoms with E-state index in [0.29, 0.717) is 11.3 Å². The van der Waals surface area contributed by atoms with E-state index < -0.39 is 0 Å². The first kappa shape index (κ1) is 17.8. The van der Waals surface area contributed by atoms with Crippen molar-refractivity contribution in [1.29, 1.82) is 0 Å². The molecule has 1 spiro atoms. The Morgan fingerprint density at radius 2 is 1.55 bits per heavy atom. The maximum Gasteiger partial charge on any atom is 0.225 e. The van der Waals surface area contributed by atoms with Crippen molar-refractivity contribution in [3.05, 3.63) is 0 Å². The Morgan fingerprint density at radius 3 is 2.05 bits per heavy atom. The molecule has 0 aromatic rings. The van der Waals surface area contributed by atoms with Gasteiger partial charge in [0.25, 0.3) is 0 Å². The van der Waals surface area contributed by atoms with Gasteiger partial charge in [-0.05, 0) is 56.5 Å². The van der Waals surface area contributed by atoms with Gasteiger partial charge in [-0.15, -0.1) is 0 Å². The zero-order valence-corrected chi connectivity index (χ0v) is 15.2. The summed E-state index contributed by atoms with van der Waals surface area (Å²) in [5, 5.41) is 0. The lowest BCUT2D eigenvalue weighted by Gasteiger charge is -2.47. The molecule has 0 aromatic carbocycles. The van der Waals surface area contributed by atoms with E-state index in [1.807, 2.05) is 0 Å². The lowest BCUT2D eigenvalue weighted by molar-refractivity contribution is -0.138. The van der Waals surface area contributed by atoms with E-state index in [9.17, 15) is 4.79 Å². The smallest absolute Gasteiger partial charge is 0.225 e. The molecule has 3 heteroatoms. The van der Waals surface area contributed by atoms with Crippen LogP contribution in [0.4, 0.5) is 0 Å². The predicted octanol–water partition coefficient (Wildman–Crippen LogP) is 3.78. The average Bonchev–Trinajstić information content (AvgIpc) is 2.50. The molecule has 1 unspecified atom stereocenters. The van der Waals surface area contributed by atoms with Crippen molar-refractivity contribution in [3.8, 4) is 0 Å². The Morgan fingerprint density at radius 1 is 1.00 bits per heavy atom. The van der Waals surface area contributed by atoms with Gasteiger partial charge in [0.2, 0.25) is 5.91 Å². The summed E-state index contributed by atoms with van der Waals surface area (Å²) in [6.07, 6.45) is 7.28. The second-order valence-corrected chi connectivity index (χ2v) is 8.21. The van der Waals surface area contributed by atoms with Crippen LogP contribution >= 0.6 is 0 Å². The van der Waals surface area contributed by atoms with Crippen LogP contribution in [0.25, 0.3) is 0 Å². The first-order valence-corrected chi connectivity index (χ1v) is 9.47. The summed E-state index contributed by atoms with van der Waals surface area (Å²) in [5.74, 6) is 1.38. The Hall–Kier alpha value is -0.570. The second-order valence-electron chi connectivity index (χ2n) is 8.21. The number of hydrogen-bond donors (Lipinski definition) is 0. The van der Waals surface area contributed by atoms with Gasteiger partial charge in [0.1, 0.15) is 0 Å². The van der Waals surface area contributed by atoms with Crippen molar-refractivity contribution in [1.82, 2.24) is 9.80 Å². The molecule has 0 radical (unpaired) electrons. The van der Waals surface area contributed by atoms with Gasteiger partial charge in [-0.25, -0.2) is 0 Å². The van der Waals surface area contributed by atoms with Gasteiger partial charge < -0.3 is 9.80 Å². The van der Waals surface area contributed by atoms with Crippen LogP contribution < -0.4 is 0 Å². The molecule has 2 rings (SSSR count). The molecule has 2 fully saturated rings. The Labute approximate surface area is 137 Å². The summed E-state index contributed by atoms with van der Waals surface area (Å²) in [6.45, 7) is 14.7. The largest absolute Gasteiger partial charge is 0.342 e. The molecule has 2 aliphatic heterocycles. The van der Waals surface area contributed by atoms with Crippen LogP contribution in [0.3, 0.4) is 0 Å². The van der Waals surface area contributed by atoms with Crippen molar-refractivity contribution >= 4 is 5.91 Å². The third-order valence-electron chi connectivity index (χ3n) is 5.82. The van der Waals surface area contributed by atoms with Crippen LogP contribution in [0, 0.1) is 17.3 Å². The quantitative estimate of drug-likeness (QED) is 0.771. The number of hydrogen-bond acceptors (Lipinski definition) is 2. The predicted molar refractivity (Wildman–Crippen MR) is 92.8 cm³/mol. The molecule has 0 N–H and O–H groups in total. The molecule has 3 nitrogen and oxygen atoms in total. The molecule has 2 aliphatic rings. The van der Waals surface area contributed by atoms with E-state index in [1.165, 1.54) is 45.3 Å². The Kier molecular flexibility index (Phi) is 6.31. The highest BCUT2D eigenvalue weighted by Gasteiger charge is 2.38. The molecule has 2 heterocycles. The number of carbonyl (C=O) groups is 1. The summed E-state index contributed by atoms with van der Waals surface area (Å²) in [5.41, 5.74) is 0.540. The summed E-state index contributed by atoms with van der Waals surface area (Å²) >= 11 is 0. The molecule has 1 amide bonds. The third kappa shape index (κ3) is 4.47. The summed E-state index contributed by atoms with van der Waals surface area (Å²) in [6, 6.07) is 0. The summed E-state index contributed by atoms with van der Waals surface area (Å²) < 4.78 is 0. The van der Waals surface area contributed by atoms with Gasteiger partial charge >= 0.3 is 0 Å². The summed E-state index contributed by atoms with van der Waals surface area (Å²) in [7, 11) is 0. The topological polar surface area (TPSA) is 23.6 Å². The zero-order chi connectivity index (χ0) is 16.2. The highest BCUT2D eigenvalue weighted by atomic mass is 16.2. The van der Waals surface area contributed by atoms with Crippen LogP contribution in [0.5, 0.6) is 0 Å². The SMILES string of the molecule is CCCC(C)C(=O)N1CCC2(CCN(CC(C)C)CC2)CC1. The first-order chi connectivity index (χ1) is 10.5. The zero-order valence-electron chi connectivity index (χ0n) is 15.2. The van der Waals surface area contributed by atoms with E-state index >= 15 is 0 Å². The lowest BCUT2D eigenvalue weighted by atomic mass is 9.71. The fourth-order valence-electron chi connectivity index (χ4n) is 4.30. The molecule has 22 heavy (non-hydrogen) atoms. The molecule has 0 bridgehead atoms. The van der Waals surface area contributed by atoms with Gasteiger partial charge in [-0.3, -0.25) is 4.79 Å². The number of nitrogens with zero attached hydrogens (tertiary/aromatic N) is 2. The average molecular weight is 309 g/mol. The fourth-order valence-corrected chi connectivity index (χ4v) is 4.30.